The van der Waals surface area contributed by atoms with Gasteiger partial charge in [0.2, 0.25) is 0 Å². The first-order valence-corrected chi connectivity index (χ1v) is 11.1. The van der Waals surface area contributed by atoms with Crippen molar-refractivity contribution in [2.75, 3.05) is 40.9 Å². The van der Waals surface area contributed by atoms with Crippen LogP contribution in [0.15, 0.2) is 0 Å². The molecule has 0 aliphatic carbocycles. The second kappa shape index (κ2) is 11.1. The van der Waals surface area contributed by atoms with E-state index in [0.29, 0.717) is 6.42 Å². The summed E-state index contributed by atoms with van der Waals surface area (Å²) in [5, 5.41) is 0. The molecule has 0 aromatic carbocycles. The lowest BCUT2D eigenvalue weighted by atomic mass is 10.2. The maximum Gasteiger partial charge on any atom is 0.541 e. The molecule has 1 aliphatic heterocycles. The number of ether oxygens (including phenoxy) is 1. The molecule has 9 nitrogen and oxygen atoms in total. The number of quaternary nitrogens is 1. The summed E-state index contributed by atoms with van der Waals surface area (Å²) in [6, 6.07) is 0. The molecule has 0 saturated carbocycles. The largest absolute Gasteiger partial charge is 0.541 e. The molecule has 2 unspecified atom stereocenters. The van der Waals surface area contributed by atoms with Gasteiger partial charge in [-0.3, -0.25) is 0 Å². The average molecular weight is 481 g/mol. The zero-order valence-corrected chi connectivity index (χ0v) is 18.0. The number of unbranched alkanes of at least 4 members (excludes halogenated alkanes) is 2. The Bertz CT molecular complexity index is 694. The van der Waals surface area contributed by atoms with E-state index in [-0.39, 0.29) is 13.0 Å². The summed E-state index contributed by atoms with van der Waals surface area (Å²) in [5.74, 6) is 0. The van der Waals surface area contributed by atoms with Crippen molar-refractivity contribution in [3.63, 3.8) is 0 Å². The van der Waals surface area contributed by atoms with Crippen LogP contribution in [0, 0.1) is 0 Å². The van der Waals surface area contributed by atoms with Crippen LogP contribution in [0.2, 0.25) is 0 Å². The van der Waals surface area contributed by atoms with Crippen molar-refractivity contribution in [1.29, 1.82) is 0 Å². The third-order valence-electron chi connectivity index (χ3n) is 3.13. The molecule has 0 N–H and O–H groups in total. The second-order valence-corrected chi connectivity index (χ2v) is 10.0. The molecular weight excluding hydrogens is 455 g/mol. The van der Waals surface area contributed by atoms with Gasteiger partial charge in [0.05, 0.1) is 6.61 Å². The zero-order valence-electron chi connectivity index (χ0n) is 16.4. The fourth-order valence-corrected chi connectivity index (χ4v) is 4.89. The molecule has 1 rings (SSSR count). The molecule has 0 spiro atoms. The number of hydrogen-bond acceptors (Lipinski definition) is 8. The molecule has 1 heterocycles. The SMILES string of the molecule is CCCCC[N+](C(F)F)(S(=O)(=O)OCC1CO1)S(=O)(=O)OC(F)(F)F.CN(C)C. The predicted octanol–water partition coefficient (Wildman–Crippen LogP) is 1.84. The second-order valence-electron chi connectivity index (χ2n) is 6.40. The van der Waals surface area contributed by atoms with Gasteiger partial charge in [-0.05, 0) is 37.3 Å². The Morgan fingerprint density at radius 2 is 1.59 bits per heavy atom. The Morgan fingerprint density at radius 3 is 1.93 bits per heavy atom. The first kappa shape index (κ1) is 28.4. The molecule has 1 aliphatic rings. The molecule has 2 atom stereocenters. The number of hydrogen-bond donors (Lipinski definition) is 0. The summed E-state index contributed by atoms with van der Waals surface area (Å²) in [6.45, 7) is -4.84. The highest BCUT2D eigenvalue weighted by atomic mass is 32.3. The third kappa shape index (κ3) is 8.94. The van der Waals surface area contributed by atoms with Crippen molar-refractivity contribution in [3.05, 3.63) is 0 Å². The number of nitrogens with zero attached hydrogens (tertiary/aromatic N) is 2. The highest BCUT2D eigenvalue weighted by molar-refractivity contribution is 7.93. The van der Waals surface area contributed by atoms with E-state index in [1.165, 1.54) is 0 Å². The highest BCUT2D eigenvalue weighted by Crippen LogP contribution is 2.36. The van der Waals surface area contributed by atoms with Gasteiger partial charge in [-0.15, -0.1) is 43.0 Å². The first-order valence-electron chi connectivity index (χ1n) is 8.33. The van der Waals surface area contributed by atoms with Crippen molar-refractivity contribution in [3.8, 4) is 0 Å². The van der Waals surface area contributed by atoms with Crippen LogP contribution in [0.25, 0.3) is 0 Å². The predicted molar refractivity (Wildman–Crippen MR) is 90.9 cm³/mol. The van der Waals surface area contributed by atoms with Crippen molar-refractivity contribution in [2.24, 2.45) is 0 Å². The van der Waals surface area contributed by atoms with E-state index in [1.54, 1.807) is 6.92 Å². The van der Waals surface area contributed by atoms with Crippen LogP contribution in [-0.4, -0.2) is 84.9 Å². The van der Waals surface area contributed by atoms with Crippen molar-refractivity contribution in [1.82, 2.24) is 4.90 Å². The lowest BCUT2D eigenvalue weighted by molar-refractivity contribution is -0.761. The van der Waals surface area contributed by atoms with Crippen LogP contribution < -0.4 is 0 Å². The van der Waals surface area contributed by atoms with E-state index in [1.807, 2.05) is 26.0 Å². The van der Waals surface area contributed by atoms with Gasteiger partial charge < -0.3 is 9.64 Å². The van der Waals surface area contributed by atoms with E-state index in [4.69, 9.17) is 0 Å². The van der Waals surface area contributed by atoms with Crippen LogP contribution in [0.3, 0.4) is 0 Å². The minimum Gasteiger partial charge on any atom is -0.371 e. The van der Waals surface area contributed by atoms with Crippen LogP contribution in [-0.2, 0) is 33.7 Å². The maximum atomic E-state index is 13.5. The van der Waals surface area contributed by atoms with Crippen molar-refractivity contribution in [2.45, 2.75) is 45.2 Å². The van der Waals surface area contributed by atoms with Crippen LogP contribution in [0.1, 0.15) is 26.2 Å². The van der Waals surface area contributed by atoms with Crippen molar-refractivity contribution >= 4 is 20.6 Å². The number of epoxide rings is 1. The van der Waals surface area contributed by atoms with Gasteiger partial charge in [-0.25, -0.2) is 4.18 Å². The average Bonchev–Trinajstić information content (AvgIpc) is 3.30. The summed E-state index contributed by atoms with van der Waals surface area (Å²) >= 11 is 0. The minimum absolute atomic E-state index is 0.0475. The van der Waals surface area contributed by atoms with Gasteiger partial charge in [-0.2, -0.15) is 0 Å². The van der Waals surface area contributed by atoms with Gasteiger partial charge in [0, 0.05) is 0 Å². The molecule has 1 fully saturated rings. The molecule has 0 aromatic rings. The topological polar surface area (TPSA) is 103 Å². The quantitative estimate of drug-likeness (QED) is 0.145. The summed E-state index contributed by atoms with van der Waals surface area (Å²) in [6.07, 6.45) is -6.63. The highest BCUT2D eigenvalue weighted by Gasteiger charge is 2.65. The summed E-state index contributed by atoms with van der Waals surface area (Å²) < 4.78 is 120. The van der Waals surface area contributed by atoms with Gasteiger partial charge >= 0.3 is 33.5 Å². The lowest BCUT2D eigenvalue weighted by Gasteiger charge is -2.31. The minimum atomic E-state index is -6.40. The number of rotatable bonds is 11. The van der Waals surface area contributed by atoms with Crippen LogP contribution in [0.4, 0.5) is 22.0 Å². The lowest BCUT2D eigenvalue weighted by Crippen LogP contribution is -2.62. The molecule has 16 heteroatoms. The van der Waals surface area contributed by atoms with Gasteiger partial charge in [0.15, 0.2) is 0 Å². The Kier molecular flexibility index (Phi) is 10.9. The molecule has 0 aromatic heterocycles. The Morgan fingerprint density at radius 1 is 1.10 bits per heavy atom. The van der Waals surface area contributed by atoms with Gasteiger partial charge in [-0.1, -0.05) is 13.3 Å². The van der Waals surface area contributed by atoms with E-state index in [2.05, 4.69) is 13.1 Å². The summed E-state index contributed by atoms with van der Waals surface area (Å²) in [7, 11) is -6.15. The van der Waals surface area contributed by atoms with Gasteiger partial charge in [0.1, 0.15) is 19.3 Å². The smallest absolute Gasteiger partial charge is 0.371 e. The molecule has 29 heavy (non-hydrogen) atoms. The number of halogens is 5. The van der Waals surface area contributed by atoms with Gasteiger partial charge in [0.25, 0.3) is 0 Å². The van der Waals surface area contributed by atoms with Crippen LogP contribution >= 0.6 is 0 Å². The molecule has 0 amide bonds. The standard InChI is InChI=1S/C10H17F5NO7S2.C3H9N/c1-2-3-4-5-16(9(11)12,25(19,20)23-10(13,14)15)24(17,18)22-7-8-6-21-8;1-4(2)3/h8-9H,2-7H2,1H3;1-3H3/q+1;. The van der Waals surface area contributed by atoms with E-state index >= 15 is 0 Å². The molecule has 1 saturated heterocycles. The monoisotopic (exact) mass is 481 g/mol. The summed E-state index contributed by atoms with van der Waals surface area (Å²) in [5.41, 5.74) is 0. The van der Waals surface area contributed by atoms with E-state index in [9.17, 15) is 38.8 Å². The molecule has 0 bridgehead atoms. The molecule has 0 radical (unpaired) electrons. The van der Waals surface area contributed by atoms with E-state index < -0.39 is 62.5 Å². The normalized spacial score (nSPS) is 19.6. The molecule has 176 valence electrons. The maximum absolute atomic E-state index is 13.5. The number of alkyl halides is 5. The fraction of sp³-hybridized carbons (Fsp3) is 1.00. The Hall–Kier alpha value is -0.650. The van der Waals surface area contributed by atoms with Crippen molar-refractivity contribution < 1.29 is 55.2 Å². The third-order valence-corrected chi connectivity index (χ3v) is 7.26. The first-order chi connectivity index (χ1) is 13.0. The molecular formula is C13H26F5N2O7S2+. The Labute approximate surface area is 167 Å². The van der Waals surface area contributed by atoms with E-state index in [0.717, 1.165) is 0 Å². The Balaban J connectivity index is 0.00000178. The fourth-order valence-electron chi connectivity index (χ4n) is 1.81. The zero-order chi connectivity index (χ0) is 23.1. The van der Waals surface area contributed by atoms with Crippen LogP contribution in [0.5, 0.6) is 0 Å². The summed E-state index contributed by atoms with van der Waals surface area (Å²) in [4.78, 5) is 2.00.